The van der Waals surface area contributed by atoms with Gasteiger partial charge in [0, 0.05) is 12.5 Å². The van der Waals surface area contributed by atoms with Crippen LogP contribution in [0.25, 0.3) is 0 Å². The molecule has 0 aliphatic rings. The van der Waals surface area contributed by atoms with E-state index in [-0.39, 0.29) is 0 Å². The van der Waals surface area contributed by atoms with E-state index in [9.17, 15) is 4.79 Å². The Hall–Kier alpha value is -0.370. The Labute approximate surface area is 88.7 Å². The van der Waals surface area contributed by atoms with Crippen molar-refractivity contribution in [2.24, 2.45) is 0 Å². The number of Topliss-reactive ketones (excluding diaryl/α,β-unsaturated/α-hetero) is 1. The van der Waals surface area contributed by atoms with Crippen molar-refractivity contribution in [2.75, 3.05) is 13.1 Å². The molecule has 0 N–H and O–H groups in total. The highest BCUT2D eigenvalue weighted by Crippen LogP contribution is 2.04. The summed E-state index contributed by atoms with van der Waals surface area (Å²) in [7, 11) is 0. The van der Waals surface area contributed by atoms with Gasteiger partial charge in [-0.3, -0.25) is 0 Å². The number of hydrogen-bond donors (Lipinski definition) is 0. The predicted octanol–water partition coefficient (Wildman–Crippen LogP) is 2.87. The van der Waals surface area contributed by atoms with Gasteiger partial charge in [0.25, 0.3) is 0 Å². The third-order valence-electron chi connectivity index (χ3n) is 2.47. The van der Waals surface area contributed by atoms with E-state index in [1.807, 2.05) is 0 Å². The second-order valence-electron chi connectivity index (χ2n) is 4.29. The average Bonchev–Trinajstić information content (AvgIpc) is 2.09. The molecule has 0 amide bonds. The van der Waals surface area contributed by atoms with Crippen molar-refractivity contribution in [3.63, 3.8) is 0 Å². The van der Waals surface area contributed by atoms with Crippen LogP contribution in [0.15, 0.2) is 0 Å². The van der Waals surface area contributed by atoms with E-state index in [0.717, 1.165) is 25.8 Å². The molecule has 0 aromatic heterocycles. The Bertz CT molecular complexity index is 154. The zero-order valence-electron chi connectivity index (χ0n) is 10.2. The predicted molar refractivity (Wildman–Crippen MR) is 61.5 cm³/mol. The minimum atomic E-state index is 0.316. The van der Waals surface area contributed by atoms with Crippen LogP contribution in [0.5, 0.6) is 0 Å². The molecule has 14 heavy (non-hydrogen) atoms. The standard InChI is InChI=1S/C12H25NO/c1-5-9-13(11(2)3)10-7-6-8-12(4)14/h11H,5-10H2,1-4H3. The third-order valence-corrected chi connectivity index (χ3v) is 2.47. The lowest BCUT2D eigenvalue weighted by Gasteiger charge is -2.25. The number of nitrogens with zero attached hydrogens (tertiary/aromatic N) is 1. The van der Waals surface area contributed by atoms with Crippen LogP contribution in [0.4, 0.5) is 0 Å². The van der Waals surface area contributed by atoms with E-state index in [2.05, 4.69) is 25.7 Å². The maximum Gasteiger partial charge on any atom is 0.129 e. The van der Waals surface area contributed by atoms with Crippen molar-refractivity contribution < 1.29 is 4.79 Å². The van der Waals surface area contributed by atoms with Gasteiger partial charge in [-0.15, -0.1) is 0 Å². The maximum atomic E-state index is 10.7. The molecular formula is C12H25NO. The van der Waals surface area contributed by atoms with Crippen molar-refractivity contribution >= 4 is 5.78 Å². The lowest BCUT2D eigenvalue weighted by Crippen LogP contribution is -2.32. The molecule has 0 aliphatic heterocycles. The summed E-state index contributed by atoms with van der Waals surface area (Å²) in [6.45, 7) is 10.7. The number of hydrogen-bond acceptors (Lipinski definition) is 2. The molecule has 0 aromatic rings. The number of rotatable bonds is 8. The van der Waals surface area contributed by atoms with E-state index in [0.29, 0.717) is 11.8 Å². The summed E-state index contributed by atoms with van der Waals surface area (Å²) in [5.74, 6) is 0.316. The molecule has 0 heterocycles. The molecule has 0 saturated heterocycles. The van der Waals surface area contributed by atoms with Gasteiger partial charge < -0.3 is 9.69 Å². The topological polar surface area (TPSA) is 20.3 Å². The van der Waals surface area contributed by atoms with Gasteiger partial charge in [0.1, 0.15) is 5.78 Å². The zero-order chi connectivity index (χ0) is 11.0. The Balaban J connectivity index is 3.55. The van der Waals surface area contributed by atoms with Crippen molar-refractivity contribution in [3.05, 3.63) is 0 Å². The minimum absolute atomic E-state index is 0.316. The lowest BCUT2D eigenvalue weighted by molar-refractivity contribution is -0.117. The van der Waals surface area contributed by atoms with Gasteiger partial charge in [0.2, 0.25) is 0 Å². The van der Waals surface area contributed by atoms with Gasteiger partial charge in [0.05, 0.1) is 0 Å². The SMILES string of the molecule is CCCN(CCCCC(C)=O)C(C)C. The summed E-state index contributed by atoms with van der Waals surface area (Å²) >= 11 is 0. The Morgan fingerprint density at radius 1 is 1.21 bits per heavy atom. The molecule has 0 bridgehead atoms. The molecular weight excluding hydrogens is 174 g/mol. The summed E-state index contributed by atoms with van der Waals surface area (Å²) in [4.78, 5) is 13.2. The second kappa shape index (κ2) is 7.98. The van der Waals surface area contributed by atoms with Crippen LogP contribution in [-0.4, -0.2) is 29.8 Å². The highest BCUT2D eigenvalue weighted by molar-refractivity contribution is 5.75. The van der Waals surface area contributed by atoms with Crippen molar-refractivity contribution in [1.82, 2.24) is 4.90 Å². The first-order chi connectivity index (χ1) is 6.57. The first-order valence-electron chi connectivity index (χ1n) is 5.81. The normalized spacial score (nSPS) is 11.3. The van der Waals surface area contributed by atoms with Crippen LogP contribution in [0, 0.1) is 0 Å². The van der Waals surface area contributed by atoms with Crippen LogP contribution >= 0.6 is 0 Å². The molecule has 0 rings (SSSR count). The Morgan fingerprint density at radius 2 is 1.86 bits per heavy atom. The number of unbranched alkanes of at least 4 members (excludes halogenated alkanes) is 1. The fourth-order valence-electron chi connectivity index (χ4n) is 1.60. The first-order valence-corrected chi connectivity index (χ1v) is 5.81. The minimum Gasteiger partial charge on any atom is -0.301 e. The van der Waals surface area contributed by atoms with Gasteiger partial charge in [-0.25, -0.2) is 0 Å². The van der Waals surface area contributed by atoms with Crippen LogP contribution in [0.1, 0.15) is 53.4 Å². The van der Waals surface area contributed by atoms with Gasteiger partial charge in [-0.1, -0.05) is 6.92 Å². The number of carbonyl (C=O) groups excluding carboxylic acids is 1. The van der Waals surface area contributed by atoms with Gasteiger partial charge >= 0.3 is 0 Å². The van der Waals surface area contributed by atoms with Crippen molar-refractivity contribution in [3.8, 4) is 0 Å². The first kappa shape index (κ1) is 13.6. The van der Waals surface area contributed by atoms with Gasteiger partial charge in [-0.05, 0) is 53.1 Å². The molecule has 0 spiro atoms. The molecule has 0 unspecified atom stereocenters. The summed E-state index contributed by atoms with van der Waals surface area (Å²) in [6.07, 6.45) is 4.16. The second-order valence-corrected chi connectivity index (χ2v) is 4.29. The van der Waals surface area contributed by atoms with Crippen LogP contribution < -0.4 is 0 Å². The molecule has 0 atom stereocenters. The van der Waals surface area contributed by atoms with Crippen LogP contribution in [0.3, 0.4) is 0 Å². The summed E-state index contributed by atoms with van der Waals surface area (Å²) in [6, 6.07) is 0.632. The highest BCUT2D eigenvalue weighted by atomic mass is 16.1. The van der Waals surface area contributed by atoms with Crippen molar-refractivity contribution in [1.29, 1.82) is 0 Å². The number of carbonyl (C=O) groups is 1. The quantitative estimate of drug-likeness (QED) is 0.560. The lowest BCUT2D eigenvalue weighted by atomic mass is 10.1. The summed E-state index contributed by atoms with van der Waals surface area (Å²) in [5.41, 5.74) is 0. The van der Waals surface area contributed by atoms with Gasteiger partial charge in [-0.2, -0.15) is 0 Å². The molecule has 0 aliphatic carbocycles. The molecule has 84 valence electrons. The monoisotopic (exact) mass is 199 g/mol. The summed E-state index contributed by atoms with van der Waals surface area (Å²) in [5, 5.41) is 0. The van der Waals surface area contributed by atoms with E-state index >= 15 is 0 Å². The Kier molecular flexibility index (Phi) is 7.77. The molecule has 2 nitrogen and oxygen atoms in total. The van der Waals surface area contributed by atoms with Crippen LogP contribution in [-0.2, 0) is 4.79 Å². The highest BCUT2D eigenvalue weighted by Gasteiger charge is 2.07. The molecule has 0 radical (unpaired) electrons. The van der Waals surface area contributed by atoms with Crippen LogP contribution in [0.2, 0.25) is 0 Å². The molecule has 0 fully saturated rings. The van der Waals surface area contributed by atoms with Gasteiger partial charge in [0.15, 0.2) is 0 Å². The van der Waals surface area contributed by atoms with E-state index in [1.54, 1.807) is 6.92 Å². The third kappa shape index (κ3) is 7.07. The largest absolute Gasteiger partial charge is 0.301 e. The van der Waals surface area contributed by atoms with Crippen molar-refractivity contribution in [2.45, 2.75) is 59.4 Å². The molecule has 0 saturated carbocycles. The maximum absolute atomic E-state index is 10.7. The zero-order valence-corrected chi connectivity index (χ0v) is 10.2. The summed E-state index contributed by atoms with van der Waals surface area (Å²) < 4.78 is 0. The van der Waals surface area contributed by atoms with E-state index < -0.39 is 0 Å². The average molecular weight is 199 g/mol. The fraction of sp³-hybridized carbons (Fsp3) is 0.917. The van der Waals surface area contributed by atoms with E-state index in [4.69, 9.17) is 0 Å². The Morgan fingerprint density at radius 3 is 2.29 bits per heavy atom. The molecule has 0 aromatic carbocycles. The molecule has 2 heteroatoms. The number of ketones is 1. The fourth-order valence-corrected chi connectivity index (χ4v) is 1.60. The smallest absolute Gasteiger partial charge is 0.129 e. The van der Waals surface area contributed by atoms with E-state index in [1.165, 1.54) is 13.0 Å².